The molecule has 3 aromatic carbocycles. The molecule has 40 heavy (non-hydrogen) atoms. The van der Waals surface area contributed by atoms with Crippen molar-refractivity contribution in [2.45, 2.75) is 44.2 Å². The molecule has 2 aliphatic rings. The lowest BCUT2D eigenvalue weighted by Crippen LogP contribution is -2.45. The average molecular weight is 539 g/mol. The standard InChI is InChI=1S/C33H34N2O5/c36-31(37)33(40-29-15-8-3-9-16-29)22-26-17-18-30(21-27(26)23-33)39-20-10-19-35(24-25-11-4-1-5-12-25)32(38)34-28-13-6-2-7-14-28/h1,3-6,8-9,11-18,21H,2,7,10,19-20,22-24H2,(H,34,38)(H,36,37)/t33-/m1/s1. The number of fused-ring (bicyclic) bond motifs is 1. The van der Waals surface area contributed by atoms with Crippen molar-refractivity contribution >= 4 is 12.0 Å². The Hall–Kier alpha value is -4.52. The third-order valence-electron chi connectivity index (χ3n) is 7.17. The van der Waals surface area contributed by atoms with Gasteiger partial charge in [-0.25, -0.2) is 9.59 Å². The van der Waals surface area contributed by atoms with Crippen LogP contribution < -0.4 is 14.8 Å². The number of carbonyl (C=O) groups excluding carboxylic acids is 1. The highest BCUT2D eigenvalue weighted by atomic mass is 16.5. The minimum absolute atomic E-state index is 0.136. The van der Waals surface area contributed by atoms with Gasteiger partial charge in [-0.05, 0) is 66.3 Å². The molecule has 2 N–H and O–H groups in total. The predicted molar refractivity (Wildman–Crippen MR) is 153 cm³/mol. The summed E-state index contributed by atoms with van der Waals surface area (Å²) in [6.45, 7) is 1.45. The van der Waals surface area contributed by atoms with Crippen LogP contribution in [0.5, 0.6) is 11.5 Å². The summed E-state index contributed by atoms with van der Waals surface area (Å²) < 4.78 is 12.0. The Kier molecular flexibility index (Phi) is 8.50. The van der Waals surface area contributed by atoms with Crippen molar-refractivity contribution in [1.29, 1.82) is 0 Å². The SMILES string of the molecule is O=C(NC1=CCCC=C1)N(CCCOc1ccc2c(c1)C[C@@](Oc1ccccc1)(C(=O)O)C2)Cc1ccccc1. The van der Waals surface area contributed by atoms with Crippen LogP contribution in [0.3, 0.4) is 0 Å². The van der Waals surface area contributed by atoms with Crippen LogP contribution in [-0.4, -0.2) is 40.8 Å². The smallest absolute Gasteiger partial charge is 0.348 e. The number of carbonyl (C=O) groups is 2. The van der Waals surface area contributed by atoms with Crippen molar-refractivity contribution in [3.63, 3.8) is 0 Å². The first-order valence-electron chi connectivity index (χ1n) is 13.7. The van der Waals surface area contributed by atoms with E-state index in [-0.39, 0.29) is 12.5 Å². The van der Waals surface area contributed by atoms with E-state index in [1.807, 2.05) is 78.9 Å². The van der Waals surface area contributed by atoms with Crippen molar-refractivity contribution in [1.82, 2.24) is 10.2 Å². The largest absolute Gasteiger partial charge is 0.494 e. The fourth-order valence-corrected chi connectivity index (χ4v) is 5.10. The summed E-state index contributed by atoms with van der Waals surface area (Å²) in [6, 6.07) is 24.6. The number of nitrogens with zero attached hydrogens (tertiary/aromatic N) is 1. The first-order chi connectivity index (χ1) is 19.5. The number of amides is 2. The Morgan fingerprint density at radius 3 is 2.38 bits per heavy atom. The van der Waals surface area contributed by atoms with Crippen molar-refractivity contribution in [2.75, 3.05) is 13.2 Å². The minimum Gasteiger partial charge on any atom is -0.494 e. The number of urea groups is 1. The molecule has 0 saturated carbocycles. The van der Waals surface area contributed by atoms with E-state index in [1.54, 1.807) is 17.0 Å². The number of carboxylic acid groups (broad SMARTS) is 1. The highest BCUT2D eigenvalue weighted by molar-refractivity contribution is 5.80. The number of hydrogen-bond donors (Lipinski definition) is 2. The van der Waals surface area contributed by atoms with Crippen LogP contribution in [-0.2, 0) is 24.2 Å². The van der Waals surface area contributed by atoms with E-state index in [2.05, 4.69) is 11.4 Å². The number of nitrogens with one attached hydrogen (secondary N) is 1. The molecule has 3 aromatic rings. The van der Waals surface area contributed by atoms with Gasteiger partial charge in [0.25, 0.3) is 0 Å². The Morgan fingerprint density at radius 1 is 0.900 bits per heavy atom. The maximum Gasteiger partial charge on any atom is 0.348 e. The van der Waals surface area contributed by atoms with Gasteiger partial charge in [0.15, 0.2) is 0 Å². The average Bonchev–Trinajstić information content (AvgIpc) is 3.35. The highest BCUT2D eigenvalue weighted by Gasteiger charge is 2.46. The van der Waals surface area contributed by atoms with Gasteiger partial charge in [-0.2, -0.15) is 0 Å². The van der Waals surface area contributed by atoms with Gasteiger partial charge >= 0.3 is 12.0 Å². The molecular formula is C33H34N2O5. The van der Waals surface area contributed by atoms with Crippen LogP contribution in [0, 0.1) is 0 Å². The van der Waals surface area contributed by atoms with Crippen LogP contribution >= 0.6 is 0 Å². The van der Waals surface area contributed by atoms with Crippen molar-refractivity contribution in [3.8, 4) is 11.5 Å². The van der Waals surface area contributed by atoms with Crippen LogP contribution in [0.4, 0.5) is 4.79 Å². The minimum atomic E-state index is -1.34. The molecular weight excluding hydrogens is 504 g/mol. The summed E-state index contributed by atoms with van der Waals surface area (Å²) in [7, 11) is 0. The second-order valence-electron chi connectivity index (χ2n) is 10.2. The number of carboxylic acids is 1. The second kappa shape index (κ2) is 12.6. The first kappa shape index (κ1) is 27.1. The van der Waals surface area contributed by atoms with Gasteiger partial charge in [0.05, 0.1) is 6.61 Å². The van der Waals surface area contributed by atoms with Gasteiger partial charge in [-0.3, -0.25) is 0 Å². The first-order valence-corrected chi connectivity index (χ1v) is 13.7. The number of benzene rings is 3. The lowest BCUT2D eigenvalue weighted by molar-refractivity contribution is -0.154. The maximum atomic E-state index is 13.1. The molecule has 2 aliphatic carbocycles. The molecule has 1 atom stereocenters. The highest BCUT2D eigenvalue weighted by Crippen LogP contribution is 2.36. The molecule has 0 bridgehead atoms. The lowest BCUT2D eigenvalue weighted by atomic mass is 10.0. The van der Waals surface area contributed by atoms with Gasteiger partial charge in [-0.1, -0.05) is 66.7 Å². The van der Waals surface area contributed by atoms with E-state index in [4.69, 9.17) is 9.47 Å². The normalized spacial score (nSPS) is 17.4. The number of aliphatic carboxylic acids is 1. The molecule has 0 unspecified atom stereocenters. The molecule has 0 spiro atoms. The number of hydrogen-bond acceptors (Lipinski definition) is 4. The molecule has 0 aliphatic heterocycles. The molecule has 0 saturated heterocycles. The molecule has 0 aromatic heterocycles. The van der Waals surface area contributed by atoms with E-state index in [0.29, 0.717) is 44.0 Å². The predicted octanol–water partition coefficient (Wildman–Crippen LogP) is 5.90. The second-order valence-corrected chi connectivity index (χ2v) is 10.2. The number of rotatable bonds is 11. The quantitative estimate of drug-likeness (QED) is 0.297. The van der Waals surface area contributed by atoms with E-state index in [9.17, 15) is 14.7 Å². The molecule has 206 valence electrons. The number of allylic oxidation sites excluding steroid dienone is 3. The number of ether oxygens (including phenoxy) is 2. The zero-order valence-corrected chi connectivity index (χ0v) is 22.4. The summed E-state index contributed by atoms with van der Waals surface area (Å²) in [5, 5.41) is 13.1. The van der Waals surface area contributed by atoms with Gasteiger partial charge in [0, 0.05) is 31.6 Å². The maximum absolute atomic E-state index is 13.1. The van der Waals surface area contributed by atoms with Crippen LogP contribution in [0.25, 0.3) is 0 Å². The summed E-state index contributed by atoms with van der Waals surface area (Å²) in [4.78, 5) is 27.2. The molecule has 7 heteroatoms. The topological polar surface area (TPSA) is 88.1 Å². The van der Waals surface area contributed by atoms with E-state index >= 15 is 0 Å². The Bertz CT molecular complexity index is 1390. The van der Waals surface area contributed by atoms with Crippen LogP contribution in [0.1, 0.15) is 36.0 Å². The van der Waals surface area contributed by atoms with Crippen molar-refractivity contribution in [3.05, 3.63) is 119 Å². The summed E-state index contributed by atoms with van der Waals surface area (Å²) in [6.07, 6.45) is 9.16. The zero-order valence-electron chi connectivity index (χ0n) is 22.4. The Balaban J connectivity index is 1.18. The molecule has 2 amide bonds. The van der Waals surface area contributed by atoms with Crippen molar-refractivity contribution < 1.29 is 24.2 Å². The van der Waals surface area contributed by atoms with Gasteiger partial charge in [0.1, 0.15) is 11.5 Å². The van der Waals surface area contributed by atoms with E-state index < -0.39 is 11.6 Å². The van der Waals surface area contributed by atoms with Crippen molar-refractivity contribution in [2.24, 2.45) is 0 Å². The van der Waals surface area contributed by atoms with Crippen LogP contribution in [0.15, 0.2) is 103 Å². The molecule has 5 rings (SSSR count). The van der Waals surface area contributed by atoms with E-state index in [0.717, 1.165) is 35.2 Å². The third-order valence-corrected chi connectivity index (χ3v) is 7.17. The fourth-order valence-electron chi connectivity index (χ4n) is 5.10. The summed E-state index contributed by atoms with van der Waals surface area (Å²) in [5.74, 6) is 0.233. The molecule has 0 fully saturated rings. The van der Waals surface area contributed by atoms with Crippen LogP contribution in [0.2, 0.25) is 0 Å². The van der Waals surface area contributed by atoms with E-state index in [1.165, 1.54) is 0 Å². The molecule has 0 heterocycles. The summed E-state index contributed by atoms with van der Waals surface area (Å²) in [5.41, 5.74) is 2.41. The Morgan fingerprint density at radius 2 is 1.65 bits per heavy atom. The van der Waals surface area contributed by atoms with Gasteiger partial charge in [0.2, 0.25) is 5.60 Å². The molecule has 0 radical (unpaired) electrons. The Labute approximate surface area is 234 Å². The third kappa shape index (κ3) is 6.72. The van der Waals surface area contributed by atoms with Gasteiger partial charge < -0.3 is 24.8 Å². The molecule has 7 nitrogen and oxygen atoms in total. The summed E-state index contributed by atoms with van der Waals surface area (Å²) >= 11 is 0. The lowest BCUT2D eigenvalue weighted by Gasteiger charge is -2.25. The van der Waals surface area contributed by atoms with Gasteiger partial charge in [-0.15, -0.1) is 0 Å². The zero-order chi connectivity index (χ0) is 27.8. The monoisotopic (exact) mass is 538 g/mol. The number of para-hydroxylation sites is 1. The fraction of sp³-hybridized carbons (Fsp3) is 0.273.